The summed E-state index contributed by atoms with van der Waals surface area (Å²) in [5, 5.41) is 10.5. The van der Waals surface area contributed by atoms with Crippen molar-refractivity contribution in [2.24, 2.45) is 0 Å². The Morgan fingerprint density at radius 1 is 1.00 bits per heavy atom. The van der Waals surface area contributed by atoms with Gasteiger partial charge >= 0.3 is 0 Å². The van der Waals surface area contributed by atoms with Gasteiger partial charge in [-0.1, -0.05) is 6.07 Å². The molecule has 0 aliphatic rings. The van der Waals surface area contributed by atoms with Crippen molar-refractivity contribution in [3.63, 3.8) is 0 Å². The number of rotatable bonds is 4. The van der Waals surface area contributed by atoms with Crippen LogP contribution in [0.4, 0.5) is 18.9 Å². The highest BCUT2D eigenvalue weighted by Crippen LogP contribution is 2.19. The monoisotopic (exact) mass is 295 g/mol. The smallest absolute Gasteiger partial charge is 0.272 e. The highest BCUT2D eigenvalue weighted by atomic mass is 19.2. The predicted molar refractivity (Wildman–Crippen MR) is 67.4 cm³/mol. The summed E-state index contributed by atoms with van der Waals surface area (Å²) in [6.45, 7) is 0. The van der Waals surface area contributed by atoms with Gasteiger partial charge in [-0.15, -0.1) is 0 Å². The molecule has 0 fully saturated rings. The molecule has 0 aliphatic heterocycles. The number of hydrogen-bond donors (Lipinski definition) is 0. The maximum atomic E-state index is 13.6. The standard InChI is InChI=1S/C14H8F3NO3/c15-11-4-1-8(5-13(11)17)6-14(19)10-3-2-9(18(20)21)7-12(10)16/h1-5,7H,6H2. The van der Waals surface area contributed by atoms with Crippen molar-refractivity contribution in [1.29, 1.82) is 0 Å². The number of carbonyl (C=O) groups is 1. The summed E-state index contributed by atoms with van der Waals surface area (Å²) in [5.74, 6) is -3.87. The molecule has 0 spiro atoms. The van der Waals surface area contributed by atoms with Crippen molar-refractivity contribution in [1.82, 2.24) is 0 Å². The molecule has 0 saturated heterocycles. The van der Waals surface area contributed by atoms with Crippen LogP contribution < -0.4 is 0 Å². The molecule has 7 heteroatoms. The number of non-ortho nitro benzene ring substituents is 1. The molecule has 108 valence electrons. The van der Waals surface area contributed by atoms with Gasteiger partial charge in [-0.2, -0.15) is 0 Å². The van der Waals surface area contributed by atoms with Gasteiger partial charge in [0.15, 0.2) is 17.4 Å². The van der Waals surface area contributed by atoms with E-state index in [-0.39, 0.29) is 17.5 Å². The molecule has 2 rings (SSSR count). The largest absolute Gasteiger partial charge is 0.294 e. The van der Waals surface area contributed by atoms with Crippen LogP contribution in [-0.2, 0) is 6.42 Å². The molecule has 0 saturated carbocycles. The number of ketones is 1. The molecule has 0 aromatic heterocycles. The first kappa shape index (κ1) is 14.7. The molecular formula is C14H8F3NO3. The van der Waals surface area contributed by atoms with E-state index in [2.05, 4.69) is 0 Å². The highest BCUT2D eigenvalue weighted by Gasteiger charge is 2.17. The van der Waals surface area contributed by atoms with Crippen molar-refractivity contribution < 1.29 is 22.9 Å². The second-order valence-electron chi connectivity index (χ2n) is 4.27. The van der Waals surface area contributed by atoms with Crippen molar-refractivity contribution in [3.05, 3.63) is 75.1 Å². The number of hydrogen-bond acceptors (Lipinski definition) is 3. The second kappa shape index (κ2) is 5.74. The molecule has 0 N–H and O–H groups in total. The molecular weight excluding hydrogens is 287 g/mol. The zero-order valence-corrected chi connectivity index (χ0v) is 10.5. The summed E-state index contributed by atoms with van der Waals surface area (Å²) in [5.41, 5.74) is -0.640. The molecule has 0 atom stereocenters. The number of nitro groups is 1. The van der Waals surface area contributed by atoms with E-state index >= 15 is 0 Å². The number of nitro benzene ring substituents is 1. The first-order chi connectivity index (χ1) is 9.88. The van der Waals surface area contributed by atoms with Gasteiger partial charge in [0.1, 0.15) is 5.82 Å². The maximum Gasteiger partial charge on any atom is 0.272 e. The van der Waals surface area contributed by atoms with Gasteiger partial charge in [-0.05, 0) is 23.8 Å². The van der Waals surface area contributed by atoms with E-state index in [1.807, 2.05) is 0 Å². The Balaban J connectivity index is 2.24. The SMILES string of the molecule is O=C(Cc1ccc(F)c(F)c1)c1ccc([N+](=O)[O-])cc1F. The van der Waals surface area contributed by atoms with Crippen LogP contribution in [0.2, 0.25) is 0 Å². The van der Waals surface area contributed by atoms with Gasteiger partial charge in [0.05, 0.1) is 16.6 Å². The number of nitrogens with zero attached hydrogens (tertiary/aromatic N) is 1. The van der Waals surface area contributed by atoms with Gasteiger partial charge in [-0.25, -0.2) is 13.2 Å². The van der Waals surface area contributed by atoms with Crippen LogP contribution in [0.3, 0.4) is 0 Å². The fourth-order valence-electron chi connectivity index (χ4n) is 1.77. The van der Waals surface area contributed by atoms with Crippen molar-refractivity contribution in [2.45, 2.75) is 6.42 Å². The minimum Gasteiger partial charge on any atom is -0.294 e. The van der Waals surface area contributed by atoms with Crippen LogP contribution in [0.5, 0.6) is 0 Å². The summed E-state index contributed by atoms with van der Waals surface area (Å²) >= 11 is 0. The third-order valence-corrected chi connectivity index (χ3v) is 2.81. The molecule has 0 heterocycles. The van der Waals surface area contributed by atoms with E-state index in [4.69, 9.17) is 0 Å². The van der Waals surface area contributed by atoms with E-state index in [9.17, 15) is 28.1 Å². The van der Waals surface area contributed by atoms with Gasteiger partial charge in [0.2, 0.25) is 0 Å². The quantitative estimate of drug-likeness (QED) is 0.493. The fraction of sp³-hybridized carbons (Fsp3) is 0.0714. The Labute approximate surface area is 117 Å². The Morgan fingerprint density at radius 2 is 1.71 bits per heavy atom. The van der Waals surface area contributed by atoms with E-state index in [0.717, 1.165) is 24.3 Å². The lowest BCUT2D eigenvalue weighted by Gasteiger charge is -2.04. The Morgan fingerprint density at radius 3 is 2.29 bits per heavy atom. The zero-order chi connectivity index (χ0) is 15.6. The molecule has 4 nitrogen and oxygen atoms in total. The molecule has 0 amide bonds. The minimum absolute atomic E-state index is 0.177. The Bertz CT molecular complexity index is 731. The Kier molecular flexibility index (Phi) is 4.02. The van der Waals surface area contributed by atoms with Crippen LogP contribution in [-0.4, -0.2) is 10.7 Å². The van der Waals surface area contributed by atoms with E-state index in [1.54, 1.807) is 0 Å². The molecule has 21 heavy (non-hydrogen) atoms. The van der Waals surface area contributed by atoms with Crippen LogP contribution in [0.1, 0.15) is 15.9 Å². The topological polar surface area (TPSA) is 60.2 Å². The molecule has 0 unspecified atom stereocenters. The number of halogens is 3. The van der Waals surface area contributed by atoms with Crippen LogP contribution >= 0.6 is 0 Å². The number of carbonyl (C=O) groups excluding carboxylic acids is 1. The molecule has 0 radical (unpaired) electrons. The maximum absolute atomic E-state index is 13.6. The van der Waals surface area contributed by atoms with Gasteiger partial charge in [-0.3, -0.25) is 14.9 Å². The summed E-state index contributed by atoms with van der Waals surface area (Å²) in [6.07, 6.45) is -0.341. The normalized spacial score (nSPS) is 10.4. The zero-order valence-electron chi connectivity index (χ0n) is 10.5. The second-order valence-corrected chi connectivity index (χ2v) is 4.27. The average molecular weight is 295 g/mol. The van der Waals surface area contributed by atoms with Gasteiger partial charge < -0.3 is 0 Å². The highest BCUT2D eigenvalue weighted by molar-refractivity contribution is 5.97. The van der Waals surface area contributed by atoms with Crippen LogP contribution in [0, 0.1) is 27.6 Å². The summed E-state index contributed by atoms with van der Waals surface area (Å²) in [7, 11) is 0. The first-order valence-electron chi connectivity index (χ1n) is 5.79. The van der Waals surface area contributed by atoms with Crippen LogP contribution in [0.25, 0.3) is 0 Å². The van der Waals surface area contributed by atoms with Gasteiger partial charge in [0, 0.05) is 12.5 Å². The lowest BCUT2D eigenvalue weighted by Crippen LogP contribution is -2.07. The average Bonchev–Trinajstić information content (AvgIpc) is 2.42. The summed E-state index contributed by atoms with van der Waals surface area (Å²) in [6, 6.07) is 5.55. The lowest BCUT2D eigenvalue weighted by atomic mass is 10.0. The van der Waals surface area contributed by atoms with Crippen molar-refractivity contribution in [3.8, 4) is 0 Å². The first-order valence-corrected chi connectivity index (χ1v) is 5.79. The summed E-state index contributed by atoms with van der Waals surface area (Å²) < 4.78 is 39.4. The van der Waals surface area contributed by atoms with Crippen molar-refractivity contribution in [2.75, 3.05) is 0 Å². The minimum atomic E-state index is -1.11. The van der Waals surface area contributed by atoms with E-state index in [0.29, 0.717) is 6.07 Å². The molecule has 2 aromatic carbocycles. The Hall–Kier alpha value is -2.70. The molecule has 2 aromatic rings. The third kappa shape index (κ3) is 3.25. The fourth-order valence-corrected chi connectivity index (χ4v) is 1.77. The van der Waals surface area contributed by atoms with Crippen molar-refractivity contribution >= 4 is 11.5 Å². The van der Waals surface area contributed by atoms with E-state index < -0.39 is 33.8 Å². The molecule has 0 aliphatic carbocycles. The predicted octanol–water partition coefficient (Wildman–Crippen LogP) is 3.44. The third-order valence-electron chi connectivity index (χ3n) is 2.81. The summed E-state index contributed by atoms with van der Waals surface area (Å²) in [4.78, 5) is 21.6. The lowest BCUT2D eigenvalue weighted by molar-refractivity contribution is -0.385. The van der Waals surface area contributed by atoms with E-state index in [1.165, 1.54) is 6.07 Å². The van der Waals surface area contributed by atoms with Crippen LogP contribution in [0.15, 0.2) is 36.4 Å². The number of benzene rings is 2. The molecule has 0 bridgehead atoms. The van der Waals surface area contributed by atoms with Gasteiger partial charge in [0.25, 0.3) is 5.69 Å². The number of Topliss-reactive ketones (excluding diaryl/α,β-unsaturated/α-hetero) is 1.